The molecule has 0 aliphatic rings. The van der Waals surface area contributed by atoms with Crippen LogP contribution in [0.15, 0.2) is 58.5 Å². The van der Waals surface area contributed by atoms with Crippen LogP contribution in [0.1, 0.15) is 32.1 Å². The number of rotatable bonds is 7. The first-order valence-electron chi connectivity index (χ1n) is 10.3. The van der Waals surface area contributed by atoms with E-state index >= 15 is 0 Å². The molecule has 7 nitrogen and oxygen atoms in total. The Balaban J connectivity index is 1.61. The zero-order chi connectivity index (χ0) is 22.2. The van der Waals surface area contributed by atoms with Gasteiger partial charge in [0.1, 0.15) is 5.82 Å². The Morgan fingerprint density at radius 1 is 1.03 bits per heavy atom. The highest BCUT2D eigenvalue weighted by molar-refractivity contribution is 7.98. The van der Waals surface area contributed by atoms with Gasteiger partial charge < -0.3 is 0 Å². The highest BCUT2D eigenvalue weighted by Gasteiger charge is 2.20. The summed E-state index contributed by atoms with van der Waals surface area (Å²) in [6.45, 7) is -0.106. The topological polar surface area (TPSA) is 70.0 Å². The summed E-state index contributed by atoms with van der Waals surface area (Å²) in [5.74, 6) is 0.890. The number of benzene rings is 2. The molecule has 0 saturated carbocycles. The molecule has 0 aliphatic carbocycles. The number of nitrogens with zero attached hydrogens (tertiary/aromatic N) is 6. The maximum Gasteiger partial charge on any atom is 0.320 e. The minimum Gasteiger partial charge on any atom is -0.276 e. The smallest absolute Gasteiger partial charge is 0.276 e. The monoisotopic (exact) mass is 454 g/mol. The summed E-state index contributed by atoms with van der Waals surface area (Å²) in [7, 11) is 0. The van der Waals surface area contributed by atoms with Crippen LogP contribution in [0.4, 0.5) is 8.78 Å². The quantitative estimate of drug-likeness (QED) is 0.328. The summed E-state index contributed by atoms with van der Waals surface area (Å²) in [4.78, 5) is 17.4. The Labute approximate surface area is 185 Å². The van der Waals surface area contributed by atoms with Crippen molar-refractivity contribution in [3.8, 4) is 0 Å². The van der Waals surface area contributed by atoms with E-state index in [1.54, 1.807) is 34.9 Å². The Morgan fingerprint density at radius 3 is 2.56 bits per heavy atom. The highest BCUT2D eigenvalue weighted by atomic mass is 32.2. The molecular weight excluding hydrogens is 434 g/mol. The van der Waals surface area contributed by atoms with Crippen LogP contribution in [-0.2, 0) is 12.3 Å². The summed E-state index contributed by atoms with van der Waals surface area (Å²) >= 11 is 1.27. The van der Waals surface area contributed by atoms with Crippen molar-refractivity contribution in [3.63, 3.8) is 0 Å². The van der Waals surface area contributed by atoms with Gasteiger partial charge in [-0.1, -0.05) is 49.4 Å². The van der Waals surface area contributed by atoms with E-state index in [4.69, 9.17) is 0 Å². The number of unbranched alkanes of at least 4 members (excludes halogenated alkanes) is 1. The van der Waals surface area contributed by atoms with Crippen LogP contribution in [0, 0.1) is 0 Å². The van der Waals surface area contributed by atoms with Crippen LogP contribution in [0.25, 0.3) is 27.7 Å². The number of aromatic nitrogens is 6. The molecule has 0 unspecified atom stereocenters. The van der Waals surface area contributed by atoms with Crippen LogP contribution in [-0.4, -0.2) is 28.7 Å². The Kier molecular flexibility index (Phi) is 5.38. The zero-order valence-corrected chi connectivity index (χ0v) is 18.1. The van der Waals surface area contributed by atoms with Crippen molar-refractivity contribution >= 4 is 39.5 Å². The molecule has 0 amide bonds. The number of imidazole rings is 1. The number of hydrogen-bond donors (Lipinski definition) is 0. The summed E-state index contributed by atoms with van der Waals surface area (Å²) < 4.78 is 32.0. The largest absolute Gasteiger partial charge is 0.320 e. The van der Waals surface area contributed by atoms with Crippen molar-refractivity contribution in [1.29, 1.82) is 0 Å². The fourth-order valence-corrected chi connectivity index (χ4v) is 4.76. The lowest BCUT2D eigenvalue weighted by atomic mass is 10.2. The number of fused-ring (bicyclic) bond motifs is 4. The van der Waals surface area contributed by atoms with Gasteiger partial charge in [-0.05, 0) is 30.7 Å². The zero-order valence-electron chi connectivity index (χ0n) is 17.3. The fourth-order valence-electron chi connectivity index (χ4n) is 3.89. The summed E-state index contributed by atoms with van der Waals surface area (Å²) in [5.41, 5.74) is 1.50. The number of halogens is 2. The standard InChI is InChI=1S/C22H20F2N6OS/c1-2-3-12-28-19(31)14-8-4-6-10-16(14)30-21(28)26-27-22(30)32-13-18-25-15-9-5-7-11-17(15)29(18)20(23)24/h4-11,20H,2-3,12-13H2,1H3. The van der Waals surface area contributed by atoms with Gasteiger partial charge in [0.05, 0.1) is 27.7 Å². The number of para-hydroxylation sites is 3. The van der Waals surface area contributed by atoms with Gasteiger partial charge in [-0.3, -0.25) is 18.3 Å². The molecule has 2 aromatic carbocycles. The molecule has 0 aliphatic heterocycles. The molecule has 5 rings (SSSR count). The first-order chi connectivity index (χ1) is 15.6. The molecule has 3 aromatic heterocycles. The SMILES string of the molecule is CCCCn1c(=O)c2ccccc2n2c(SCc3nc4ccccc4n3C(F)F)nnc12. The number of thioether (sulfide) groups is 1. The molecule has 0 radical (unpaired) electrons. The molecule has 3 heterocycles. The second-order valence-corrected chi connectivity index (χ2v) is 8.34. The van der Waals surface area contributed by atoms with E-state index in [0.717, 1.165) is 17.4 Å². The van der Waals surface area contributed by atoms with E-state index in [1.165, 1.54) is 11.8 Å². The van der Waals surface area contributed by atoms with E-state index in [1.807, 2.05) is 22.6 Å². The maximum atomic E-state index is 13.8. The third-order valence-electron chi connectivity index (χ3n) is 5.41. The average Bonchev–Trinajstić information content (AvgIpc) is 3.39. The average molecular weight is 455 g/mol. The lowest BCUT2D eigenvalue weighted by molar-refractivity contribution is 0.0722. The Morgan fingerprint density at radius 2 is 1.78 bits per heavy atom. The molecule has 0 bridgehead atoms. The minimum atomic E-state index is -2.70. The van der Waals surface area contributed by atoms with Crippen molar-refractivity contribution in [2.45, 2.75) is 43.8 Å². The Hall–Kier alpha value is -3.27. The van der Waals surface area contributed by atoms with Crippen LogP contribution in [0.3, 0.4) is 0 Å². The number of hydrogen-bond acceptors (Lipinski definition) is 5. The molecule has 0 spiro atoms. The lowest BCUT2D eigenvalue weighted by Crippen LogP contribution is -2.23. The van der Waals surface area contributed by atoms with Gasteiger partial charge in [-0.25, -0.2) is 4.98 Å². The van der Waals surface area contributed by atoms with E-state index in [-0.39, 0.29) is 17.1 Å². The van der Waals surface area contributed by atoms with Crippen LogP contribution >= 0.6 is 11.8 Å². The number of alkyl halides is 2. The minimum absolute atomic E-state index is 0.106. The molecule has 0 N–H and O–H groups in total. The molecule has 32 heavy (non-hydrogen) atoms. The molecule has 10 heteroatoms. The lowest BCUT2D eigenvalue weighted by Gasteiger charge is -2.11. The Bertz CT molecular complexity index is 1490. The molecule has 164 valence electrons. The predicted octanol–water partition coefficient (Wildman–Crippen LogP) is 4.88. The van der Waals surface area contributed by atoms with Gasteiger partial charge in [0, 0.05) is 6.54 Å². The van der Waals surface area contributed by atoms with Crippen LogP contribution in [0.5, 0.6) is 0 Å². The second kappa shape index (κ2) is 8.34. The van der Waals surface area contributed by atoms with E-state index in [2.05, 4.69) is 22.1 Å². The number of aryl methyl sites for hydroxylation is 1. The van der Waals surface area contributed by atoms with Crippen molar-refractivity contribution in [2.24, 2.45) is 0 Å². The second-order valence-electron chi connectivity index (χ2n) is 7.40. The van der Waals surface area contributed by atoms with Crippen molar-refractivity contribution in [3.05, 3.63) is 64.7 Å². The third-order valence-corrected chi connectivity index (χ3v) is 6.33. The van der Waals surface area contributed by atoms with Gasteiger partial charge in [0.2, 0.25) is 5.78 Å². The van der Waals surface area contributed by atoms with Crippen LogP contribution in [0.2, 0.25) is 0 Å². The van der Waals surface area contributed by atoms with E-state index in [0.29, 0.717) is 39.4 Å². The molecule has 0 saturated heterocycles. The van der Waals surface area contributed by atoms with E-state index < -0.39 is 6.55 Å². The van der Waals surface area contributed by atoms with Crippen LogP contribution < -0.4 is 5.56 Å². The van der Waals surface area contributed by atoms with Gasteiger partial charge in [-0.2, -0.15) is 8.78 Å². The molecule has 5 aromatic rings. The molecule has 0 atom stereocenters. The normalized spacial score (nSPS) is 12.0. The third kappa shape index (κ3) is 3.35. The van der Waals surface area contributed by atoms with Crippen molar-refractivity contribution < 1.29 is 8.78 Å². The van der Waals surface area contributed by atoms with Gasteiger partial charge in [0.15, 0.2) is 5.16 Å². The van der Waals surface area contributed by atoms with Gasteiger partial charge >= 0.3 is 6.55 Å². The molecule has 0 fully saturated rings. The van der Waals surface area contributed by atoms with Gasteiger partial charge in [-0.15, -0.1) is 10.2 Å². The first kappa shape index (κ1) is 20.6. The summed E-state index contributed by atoms with van der Waals surface area (Å²) in [5, 5.41) is 9.65. The summed E-state index contributed by atoms with van der Waals surface area (Å²) in [6.07, 6.45) is 1.77. The summed E-state index contributed by atoms with van der Waals surface area (Å²) in [6, 6.07) is 14.1. The van der Waals surface area contributed by atoms with E-state index in [9.17, 15) is 13.6 Å². The predicted molar refractivity (Wildman–Crippen MR) is 120 cm³/mol. The highest BCUT2D eigenvalue weighted by Crippen LogP contribution is 2.29. The van der Waals surface area contributed by atoms with Crippen molar-refractivity contribution in [2.75, 3.05) is 0 Å². The first-order valence-corrected chi connectivity index (χ1v) is 11.3. The fraction of sp³-hybridized carbons (Fsp3) is 0.273. The molecular formula is C22H20F2N6OS. The van der Waals surface area contributed by atoms with Crippen molar-refractivity contribution in [1.82, 2.24) is 28.7 Å². The van der Waals surface area contributed by atoms with Gasteiger partial charge in [0.25, 0.3) is 5.56 Å². The maximum absolute atomic E-state index is 13.8.